The fraction of sp³-hybridized carbons (Fsp3) is 0.296. The molecule has 0 aliphatic carbocycles. The van der Waals surface area contributed by atoms with E-state index in [0.29, 0.717) is 6.42 Å². The van der Waals surface area contributed by atoms with Gasteiger partial charge in [0.1, 0.15) is 12.4 Å². The Morgan fingerprint density at radius 3 is 1.56 bits per heavy atom. The summed E-state index contributed by atoms with van der Waals surface area (Å²) in [5.41, 5.74) is 2.59. The predicted octanol–water partition coefficient (Wildman–Crippen LogP) is 6.91. The van der Waals surface area contributed by atoms with Gasteiger partial charge in [-0.3, -0.25) is 4.57 Å². The summed E-state index contributed by atoms with van der Waals surface area (Å²) in [5, 5.41) is 2.76. The number of nitrogens with one attached hydrogen (secondary N) is 1. The van der Waals surface area contributed by atoms with Gasteiger partial charge in [0.05, 0.1) is 13.2 Å². The van der Waals surface area contributed by atoms with Crippen molar-refractivity contribution in [3.8, 4) is 0 Å². The van der Waals surface area contributed by atoms with Gasteiger partial charge in [-0.05, 0) is 29.0 Å². The minimum Gasteiger partial charge on any atom is -0.445 e. The first-order valence-electron chi connectivity index (χ1n) is 11.4. The third kappa shape index (κ3) is 8.45. The number of rotatable bonds is 12. The molecule has 0 radical (unpaired) electrons. The van der Waals surface area contributed by atoms with E-state index in [2.05, 4.69) is 5.32 Å². The molecule has 0 fully saturated rings. The van der Waals surface area contributed by atoms with Gasteiger partial charge >= 0.3 is 13.7 Å². The predicted molar refractivity (Wildman–Crippen MR) is 133 cm³/mol. The summed E-state index contributed by atoms with van der Waals surface area (Å²) < 4.78 is 31.3. The summed E-state index contributed by atoms with van der Waals surface area (Å²) in [5.74, 6) is -0.725. The zero-order chi connectivity index (χ0) is 24.2. The first-order chi connectivity index (χ1) is 16.4. The molecule has 34 heavy (non-hydrogen) atoms. The fourth-order valence-electron chi connectivity index (χ4n) is 3.31. The van der Waals surface area contributed by atoms with Crippen LogP contribution in [-0.4, -0.2) is 11.9 Å². The van der Waals surface area contributed by atoms with Crippen molar-refractivity contribution in [3.05, 3.63) is 108 Å². The van der Waals surface area contributed by atoms with E-state index in [1.54, 1.807) is 0 Å². The molecule has 0 aromatic heterocycles. The van der Waals surface area contributed by atoms with Crippen LogP contribution in [0, 0.1) is 5.92 Å². The Balaban J connectivity index is 1.75. The molecule has 0 saturated carbocycles. The quantitative estimate of drug-likeness (QED) is 0.285. The molecule has 0 spiro atoms. The first-order valence-corrected chi connectivity index (χ1v) is 13.0. The van der Waals surface area contributed by atoms with E-state index in [1.807, 2.05) is 105 Å². The van der Waals surface area contributed by atoms with E-state index in [4.69, 9.17) is 13.8 Å². The van der Waals surface area contributed by atoms with Crippen molar-refractivity contribution in [1.29, 1.82) is 0 Å². The van der Waals surface area contributed by atoms with Crippen LogP contribution in [0.3, 0.4) is 0 Å². The van der Waals surface area contributed by atoms with Gasteiger partial charge in [-0.2, -0.15) is 0 Å². The third-order valence-corrected chi connectivity index (χ3v) is 7.16. The molecule has 0 saturated heterocycles. The van der Waals surface area contributed by atoms with Gasteiger partial charge in [0.25, 0.3) is 0 Å². The molecule has 6 nitrogen and oxygen atoms in total. The van der Waals surface area contributed by atoms with Crippen molar-refractivity contribution >= 4 is 13.7 Å². The lowest BCUT2D eigenvalue weighted by molar-refractivity contribution is 0.131. The Morgan fingerprint density at radius 1 is 0.735 bits per heavy atom. The van der Waals surface area contributed by atoms with E-state index in [0.717, 1.165) is 16.7 Å². The highest BCUT2D eigenvalue weighted by molar-refractivity contribution is 7.54. The summed E-state index contributed by atoms with van der Waals surface area (Å²) in [7, 11) is -3.78. The van der Waals surface area contributed by atoms with Crippen molar-refractivity contribution in [1.82, 2.24) is 5.32 Å². The van der Waals surface area contributed by atoms with Gasteiger partial charge in [0.15, 0.2) is 0 Å². The number of carbonyl (C=O) groups excluding carboxylic acids is 1. The zero-order valence-electron chi connectivity index (χ0n) is 19.6. The summed E-state index contributed by atoms with van der Waals surface area (Å²) in [6.45, 7) is 4.29. The van der Waals surface area contributed by atoms with Gasteiger partial charge in [-0.25, -0.2) is 4.79 Å². The molecule has 180 valence electrons. The minimum atomic E-state index is -3.78. The van der Waals surface area contributed by atoms with E-state index in [9.17, 15) is 9.36 Å². The second-order valence-corrected chi connectivity index (χ2v) is 10.6. The number of carbonyl (C=O) groups is 1. The molecule has 0 aliphatic rings. The Hall–Kier alpha value is -2.92. The second-order valence-electron chi connectivity index (χ2n) is 8.41. The fourth-order valence-corrected chi connectivity index (χ4v) is 5.34. The van der Waals surface area contributed by atoms with E-state index in [1.165, 1.54) is 0 Å². The van der Waals surface area contributed by atoms with Crippen LogP contribution in [0.15, 0.2) is 91.0 Å². The topological polar surface area (TPSA) is 73.9 Å². The highest BCUT2D eigenvalue weighted by atomic mass is 31.2. The molecule has 1 atom stereocenters. The van der Waals surface area contributed by atoms with Crippen LogP contribution in [0.4, 0.5) is 4.79 Å². The SMILES string of the molecule is CC(C)CC(NC(=O)OCc1ccccc1)P(=O)(OCc1ccccc1)OCc1ccccc1. The molecule has 1 N–H and O–H groups in total. The Bertz CT molecular complexity index is 997. The van der Waals surface area contributed by atoms with E-state index < -0.39 is 19.5 Å². The number of ether oxygens (including phenoxy) is 1. The average Bonchev–Trinajstić information content (AvgIpc) is 2.86. The van der Waals surface area contributed by atoms with Crippen LogP contribution < -0.4 is 5.32 Å². The zero-order valence-corrected chi connectivity index (χ0v) is 20.5. The molecular formula is C27H32NO5P. The van der Waals surface area contributed by atoms with Gasteiger partial charge in [-0.15, -0.1) is 0 Å². The van der Waals surface area contributed by atoms with E-state index in [-0.39, 0.29) is 25.7 Å². The summed E-state index contributed by atoms with van der Waals surface area (Å²) >= 11 is 0. The van der Waals surface area contributed by atoms with Crippen LogP contribution in [-0.2, 0) is 38.2 Å². The normalized spacial score (nSPS) is 12.3. The third-order valence-electron chi connectivity index (χ3n) is 5.08. The molecular weight excluding hydrogens is 449 g/mol. The Kier molecular flexibility index (Phi) is 9.89. The van der Waals surface area contributed by atoms with Crippen LogP contribution in [0.25, 0.3) is 0 Å². The summed E-state index contributed by atoms with van der Waals surface area (Å²) in [6.07, 6.45) is -0.261. The molecule has 0 bridgehead atoms. The number of alkyl carbamates (subject to hydrolysis) is 1. The largest absolute Gasteiger partial charge is 0.445 e. The van der Waals surface area contributed by atoms with Crippen molar-refractivity contribution in [2.75, 3.05) is 0 Å². The number of hydrogen-bond donors (Lipinski definition) is 1. The van der Waals surface area contributed by atoms with Gasteiger partial charge < -0.3 is 19.1 Å². The monoisotopic (exact) mass is 481 g/mol. The first kappa shape index (κ1) is 25.7. The van der Waals surface area contributed by atoms with E-state index >= 15 is 0 Å². The number of hydrogen-bond acceptors (Lipinski definition) is 5. The van der Waals surface area contributed by atoms with Crippen LogP contribution >= 0.6 is 7.60 Å². The maximum Gasteiger partial charge on any atom is 0.408 e. The standard InChI is InChI=1S/C27H32NO5P/c1-22(2)18-26(28-27(29)31-19-23-12-6-3-7-13-23)34(30,32-20-24-14-8-4-9-15-24)33-21-25-16-10-5-11-17-25/h3-17,22,26H,18-21H2,1-2H3,(H,28,29). The molecule has 3 aromatic rings. The summed E-state index contributed by atoms with van der Waals surface area (Å²) in [4.78, 5) is 12.6. The van der Waals surface area contributed by atoms with Crippen LogP contribution in [0.2, 0.25) is 0 Å². The number of amides is 1. The molecule has 1 amide bonds. The number of benzene rings is 3. The highest BCUT2D eigenvalue weighted by Crippen LogP contribution is 2.55. The smallest absolute Gasteiger partial charge is 0.408 e. The molecule has 7 heteroatoms. The molecule has 0 aliphatic heterocycles. The minimum absolute atomic E-state index is 0.0995. The molecule has 3 rings (SSSR count). The second kappa shape index (κ2) is 13.1. The summed E-state index contributed by atoms with van der Waals surface area (Å²) in [6, 6.07) is 28.3. The molecule has 3 aromatic carbocycles. The van der Waals surface area contributed by atoms with Crippen molar-refractivity contribution in [3.63, 3.8) is 0 Å². The Labute approximate surface area is 201 Å². The van der Waals surface area contributed by atoms with Gasteiger partial charge in [0, 0.05) is 0 Å². The molecule has 1 unspecified atom stereocenters. The maximum atomic E-state index is 14.1. The van der Waals surface area contributed by atoms with Gasteiger partial charge in [-0.1, -0.05) is 105 Å². The van der Waals surface area contributed by atoms with Crippen molar-refractivity contribution in [2.45, 2.75) is 45.9 Å². The Morgan fingerprint density at radius 2 is 1.15 bits per heavy atom. The average molecular weight is 482 g/mol. The van der Waals surface area contributed by atoms with Gasteiger partial charge in [0.2, 0.25) is 0 Å². The van der Waals surface area contributed by atoms with Crippen molar-refractivity contribution < 1.29 is 23.1 Å². The highest BCUT2D eigenvalue weighted by Gasteiger charge is 2.38. The lowest BCUT2D eigenvalue weighted by atomic mass is 10.1. The van der Waals surface area contributed by atoms with Crippen LogP contribution in [0.1, 0.15) is 37.0 Å². The molecule has 0 heterocycles. The maximum absolute atomic E-state index is 14.1. The lowest BCUT2D eigenvalue weighted by Gasteiger charge is -2.28. The van der Waals surface area contributed by atoms with Crippen molar-refractivity contribution in [2.24, 2.45) is 5.92 Å². The van der Waals surface area contributed by atoms with Crippen LogP contribution in [0.5, 0.6) is 0 Å². The lowest BCUT2D eigenvalue weighted by Crippen LogP contribution is -2.37.